The van der Waals surface area contributed by atoms with Crippen LogP contribution in [0.4, 0.5) is 0 Å². The molecule has 1 aliphatic carbocycles. The van der Waals surface area contributed by atoms with Crippen molar-refractivity contribution in [1.29, 1.82) is 0 Å². The minimum absolute atomic E-state index is 0.129. The molecule has 24 heavy (non-hydrogen) atoms. The molecule has 1 N–H and O–H groups in total. The average molecular weight is 334 g/mol. The maximum absolute atomic E-state index is 12.1. The Hall–Kier alpha value is -1.88. The van der Waals surface area contributed by atoms with E-state index in [0.29, 0.717) is 12.1 Å². The van der Waals surface area contributed by atoms with Crippen molar-refractivity contribution >= 4 is 11.9 Å². The van der Waals surface area contributed by atoms with E-state index in [4.69, 9.17) is 0 Å². The molecule has 0 aromatic heterocycles. The smallest absolute Gasteiger partial charge is 0.307 e. The summed E-state index contributed by atoms with van der Waals surface area (Å²) in [5.74, 6) is -0.447. The van der Waals surface area contributed by atoms with Crippen LogP contribution in [-0.4, -0.2) is 51.1 Å². The van der Waals surface area contributed by atoms with Crippen molar-refractivity contribution in [2.75, 3.05) is 34.3 Å². The molecule has 0 aromatic carbocycles. The van der Waals surface area contributed by atoms with E-state index >= 15 is 0 Å². The molecule has 0 atom stereocenters. The Morgan fingerprint density at radius 3 is 2.83 bits per heavy atom. The molecule has 1 amide bonds. The van der Waals surface area contributed by atoms with Gasteiger partial charge in [0.1, 0.15) is 0 Å². The Bertz CT molecular complexity index is 505. The van der Waals surface area contributed by atoms with Gasteiger partial charge in [0.15, 0.2) is 0 Å². The van der Waals surface area contributed by atoms with Gasteiger partial charge in [-0.1, -0.05) is 18.2 Å². The summed E-state index contributed by atoms with van der Waals surface area (Å²) in [7, 11) is 5.52. The van der Waals surface area contributed by atoms with Crippen LogP contribution in [0.15, 0.2) is 35.5 Å². The topological polar surface area (TPSA) is 58.6 Å². The standard InChI is InChI=1S/C19H30N2O3/c1-21(2)14-7-5-4-6-9-16-10-8-11-17(15-16)19(23)20-13-12-18(22)24-3/h6,9,11,15H,4-5,7-8,10,12-14H2,1-3H3,(H,20,23)/b9-6-. The van der Waals surface area contributed by atoms with Crippen molar-refractivity contribution in [1.82, 2.24) is 10.2 Å². The van der Waals surface area contributed by atoms with Crippen LogP contribution >= 0.6 is 0 Å². The summed E-state index contributed by atoms with van der Waals surface area (Å²) < 4.78 is 4.55. The maximum Gasteiger partial charge on any atom is 0.307 e. The van der Waals surface area contributed by atoms with Crippen LogP contribution < -0.4 is 5.32 Å². The highest BCUT2D eigenvalue weighted by atomic mass is 16.5. The molecule has 0 heterocycles. The lowest BCUT2D eigenvalue weighted by Crippen LogP contribution is -2.27. The number of rotatable bonds is 10. The fraction of sp³-hybridized carbons (Fsp3) is 0.579. The van der Waals surface area contributed by atoms with Gasteiger partial charge in [0.2, 0.25) is 0 Å². The number of hydrogen-bond donors (Lipinski definition) is 1. The molecule has 0 unspecified atom stereocenters. The average Bonchev–Trinajstić information content (AvgIpc) is 2.57. The van der Waals surface area contributed by atoms with Gasteiger partial charge in [-0.3, -0.25) is 9.59 Å². The largest absolute Gasteiger partial charge is 0.469 e. The summed E-state index contributed by atoms with van der Waals surface area (Å²) in [4.78, 5) is 25.3. The van der Waals surface area contributed by atoms with Crippen LogP contribution in [0.2, 0.25) is 0 Å². The summed E-state index contributed by atoms with van der Waals surface area (Å²) in [5.41, 5.74) is 1.86. The Morgan fingerprint density at radius 2 is 2.12 bits per heavy atom. The Balaban J connectivity index is 2.36. The van der Waals surface area contributed by atoms with E-state index in [1.807, 2.05) is 12.2 Å². The second-order valence-electron chi connectivity index (χ2n) is 6.20. The molecule has 0 fully saturated rings. The molecular formula is C19H30N2O3. The third-order valence-electron chi connectivity index (χ3n) is 3.80. The van der Waals surface area contributed by atoms with Gasteiger partial charge < -0.3 is 15.0 Å². The highest BCUT2D eigenvalue weighted by molar-refractivity contribution is 5.96. The molecule has 0 aromatic rings. The summed E-state index contributed by atoms with van der Waals surface area (Å²) in [6.45, 7) is 1.42. The first-order valence-corrected chi connectivity index (χ1v) is 8.60. The monoisotopic (exact) mass is 334 g/mol. The Morgan fingerprint density at radius 1 is 1.33 bits per heavy atom. The first-order valence-electron chi connectivity index (χ1n) is 8.60. The molecule has 0 spiro atoms. The zero-order chi connectivity index (χ0) is 17.8. The number of ether oxygens (including phenoxy) is 1. The molecule has 0 saturated carbocycles. The second kappa shape index (κ2) is 11.6. The summed E-state index contributed by atoms with van der Waals surface area (Å²) >= 11 is 0. The van der Waals surface area contributed by atoms with Crippen LogP contribution in [0.3, 0.4) is 0 Å². The van der Waals surface area contributed by atoms with Gasteiger partial charge >= 0.3 is 5.97 Å². The van der Waals surface area contributed by atoms with Gasteiger partial charge in [-0.15, -0.1) is 0 Å². The fourth-order valence-electron chi connectivity index (χ4n) is 2.42. The Kier molecular flexibility index (Phi) is 9.77. The number of unbranched alkanes of at least 4 members (excludes halogenated alkanes) is 2. The number of allylic oxidation sites excluding steroid dienone is 4. The quantitative estimate of drug-likeness (QED) is 0.493. The third kappa shape index (κ3) is 8.67. The van der Waals surface area contributed by atoms with E-state index in [2.05, 4.69) is 41.2 Å². The SMILES string of the molecule is COC(=O)CCNC(=O)C1=CCCC(/C=C\CCCCN(C)C)=C1. The predicted octanol–water partition coefficient (Wildman–Crippen LogP) is 2.60. The molecular weight excluding hydrogens is 304 g/mol. The van der Waals surface area contributed by atoms with E-state index in [-0.39, 0.29) is 18.3 Å². The van der Waals surface area contributed by atoms with Crippen LogP contribution in [0.5, 0.6) is 0 Å². The van der Waals surface area contributed by atoms with Gasteiger partial charge in [0, 0.05) is 12.1 Å². The summed E-state index contributed by atoms with van der Waals surface area (Å²) in [6.07, 6.45) is 13.7. The van der Waals surface area contributed by atoms with Crippen molar-refractivity contribution in [2.24, 2.45) is 0 Å². The molecule has 5 nitrogen and oxygen atoms in total. The molecule has 0 radical (unpaired) electrons. The van der Waals surface area contributed by atoms with E-state index in [1.165, 1.54) is 25.5 Å². The minimum Gasteiger partial charge on any atom is -0.469 e. The Labute approximate surface area is 145 Å². The van der Waals surface area contributed by atoms with E-state index in [9.17, 15) is 9.59 Å². The molecule has 1 rings (SSSR count). The third-order valence-corrected chi connectivity index (χ3v) is 3.80. The highest BCUT2D eigenvalue weighted by Crippen LogP contribution is 2.19. The fourth-order valence-corrected chi connectivity index (χ4v) is 2.42. The predicted molar refractivity (Wildman–Crippen MR) is 96.6 cm³/mol. The summed E-state index contributed by atoms with van der Waals surface area (Å²) in [5, 5.41) is 2.75. The molecule has 5 heteroatoms. The number of methoxy groups -OCH3 is 1. The number of carbonyl (C=O) groups is 2. The molecule has 0 saturated heterocycles. The highest BCUT2D eigenvalue weighted by Gasteiger charge is 2.11. The number of esters is 1. The second-order valence-corrected chi connectivity index (χ2v) is 6.20. The number of amides is 1. The maximum atomic E-state index is 12.1. The van der Waals surface area contributed by atoms with Crippen molar-refractivity contribution in [3.63, 3.8) is 0 Å². The van der Waals surface area contributed by atoms with E-state index in [1.54, 1.807) is 0 Å². The lowest BCUT2D eigenvalue weighted by Gasteiger charge is -2.11. The number of nitrogens with zero attached hydrogens (tertiary/aromatic N) is 1. The molecule has 1 aliphatic rings. The minimum atomic E-state index is -0.318. The number of hydrogen-bond acceptors (Lipinski definition) is 4. The number of carbonyl (C=O) groups excluding carboxylic acids is 2. The van der Waals surface area contributed by atoms with E-state index < -0.39 is 0 Å². The van der Waals surface area contributed by atoms with Crippen LogP contribution in [0.1, 0.15) is 38.5 Å². The van der Waals surface area contributed by atoms with Gasteiger partial charge in [-0.25, -0.2) is 0 Å². The van der Waals surface area contributed by atoms with Crippen molar-refractivity contribution in [2.45, 2.75) is 38.5 Å². The first-order chi connectivity index (χ1) is 11.5. The lowest BCUT2D eigenvalue weighted by atomic mass is 9.98. The number of nitrogens with one attached hydrogen (secondary N) is 1. The van der Waals surface area contributed by atoms with Gasteiger partial charge in [-0.05, 0) is 64.4 Å². The molecule has 0 aliphatic heterocycles. The van der Waals surface area contributed by atoms with Gasteiger partial charge in [0.05, 0.1) is 13.5 Å². The zero-order valence-corrected chi connectivity index (χ0v) is 15.1. The zero-order valence-electron chi connectivity index (χ0n) is 15.1. The normalized spacial score (nSPS) is 14.5. The first kappa shape index (κ1) is 20.2. The van der Waals surface area contributed by atoms with Crippen LogP contribution in [0.25, 0.3) is 0 Å². The lowest BCUT2D eigenvalue weighted by molar-refractivity contribution is -0.140. The van der Waals surface area contributed by atoms with Crippen molar-refractivity contribution in [3.8, 4) is 0 Å². The van der Waals surface area contributed by atoms with Crippen molar-refractivity contribution in [3.05, 3.63) is 35.5 Å². The summed E-state index contributed by atoms with van der Waals surface area (Å²) in [6, 6.07) is 0. The van der Waals surface area contributed by atoms with Gasteiger partial charge in [0.25, 0.3) is 5.91 Å². The van der Waals surface area contributed by atoms with Gasteiger partial charge in [-0.2, -0.15) is 0 Å². The van der Waals surface area contributed by atoms with E-state index in [0.717, 1.165) is 25.8 Å². The van der Waals surface area contributed by atoms with Crippen LogP contribution in [0, 0.1) is 0 Å². The molecule has 134 valence electrons. The van der Waals surface area contributed by atoms with Crippen molar-refractivity contribution < 1.29 is 14.3 Å². The van der Waals surface area contributed by atoms with Crippen LogP contribution in [-0.2, 0) is 14.3 Å². The molecule has 0 bridgehead atoms.